The highest BCUT2D eigenvalue weighted by molar-refractivity contribution is 9.10. The second-order valence-electron chi connectivity index (χ2n) is 4.35. The average Bonchev–Trinajstić information content (AvgIpc) is 2.54. The van der Waals surface area contributed by atoms with Gasteiger partial charge in [-0.1, -0.05) is 31.9 Å². The third-order valence-electron chi connectivity index (χ3n) is 2.59. The second-order valence-corrected chi connectivity index (χ2v) is 6.18. The highest BCUT2D eigenvalue weighted by Gasteiger charge is 2.08. The van der Waals surface area contributed by atoms with E-state index in [1.165, 1.54) is 30.3 Å². The molecule has 0 aromatic heterocycles. The zero-order valence-corrected chi connectivity index (χ0v) is 15.1. The molecular weight excluding hydrogens is 452 g/mol. The van der Waals surface area contributed by atoms with Crippen LogP contribution in [0.3, 0.4) is 0 Å². The predicted molar refractivity (Wildman–Crippen MR) is 92.9 cm³/mol. The van der Waals surface area contributed by atoms with Crippen LogP contribution in [0.25, 0.3) is 0 Å². The summed E-state index contributed by atoms with van der Waals surface area (Å²) in [7, 11) is 0. The Morgan fingerprint density at radius 2 is 1.42 bits per heavy atom. The number of hydrogen-bond acceptors (Lipinski definition) is 6. The maximum Gasteiger partial charge on any atom is 0.271 e. The van der Waals surface area contributed by atoms with E-state index in [0.717, 1.165) is 0 Å². The number of non-ortho nitro benzene ring substituents is 2. The number of carbonyl (C=O) groups is 1. The Labute approximate surface area is 152 Å². The van der Waals surface area contributed by atoms with Gasteiger partial charge < -0.3 is 5.11 Å². The molecule has 2 aromatic rings. The lowest BCUT2D eigenvalue weighted by molar-refractivity contribution is -0.385. The molecule has 0 aliphatic carbocycles. The molecule has 8 nitrogen and oxygen atoms in total. The van der Waals surface area contributed by atoms with Crippen molar-refractivity contribution in [2.45, 2.75) is 6.61 Å². The fourth-order valence-corrected chi connectivity index (χ4v) is 2.63. The topological polar surface area (TPSA) is 124 Å². The molecule has 24 heavy (non-hydrogen) atoms. The minimum absolute atomic E-state index is 0.0200. The maximum absolute atomic E-state index is 10.3. The van der Waals surface area contributed by atoms with Gasteiger partial charge in [0.15, 0.2) is 0 Å². The van der Waals surface area contributed by atoms with Gasteiger partial charge in [0.2, 0.25) is 0 Å². The van der Waals surface area contributed by atoms with Gasteiger partial charge >= 0.3 is 0 Å². The molecule has 0 aliphatic heterocycles. The number of nitro groups is 2. The van der Waals surface area contributed by atoms with E-state index in [-0.39, 0.29) is 23.5 Å². The minimum Gasteiger partial charge on any atom is -0.392 e. The molecule has 0 bridgehead atoms. The quantitative estimate of drug-likeness (QED) is 0.416. The van der Waals surface area contributed by atoms with E-state index in [2.05, 4.69) is 31.9 Å². The van der Waals surface area contributed by atoms with Gasteiger partial charge in [-0.05, 0) is 17.7 Å². The number of carbonyl (C=O) groups excluding carboxylic acids is 1. The van der Waals surface area contributed by atoms with Crippen LogP contribution in [0.1, 0.15) is 15.9 Å². The summed E-state index contributed by atoms with van der Waals surface area (Å²) >= 11 is 6.17. The van der Waals surface area contributed by atoms with Crippen molar-refractivity contribution in [1.29, 1.82) is 0 Å². The summed E-state index contributed by atoms with van der Waals surface area (Å²) in [6, 6.07) is 8.43. The average molecular weight is 462 g/mol. The van der Waals surface area contributed by atoms with Crippen LogP contribution >= 0.6 is 31.9 Å². The van der Waals surface area contributed by atoms with E-state index in [1.54, 1.807) is 6.07 Å². The molecule has 2 aromatic carbocycles. The summed E-state index contributed by atoms with van der Waals surface area (Å²) in [6.07, 6.45) is 0.567. The molecular formula is C14H10Br2N2O6. The molecule has 10 heteroatoms. The summed E-state index contributed by atoms with van der Waals surface area (Å²) in [5.41, 5.74) is 0.701. The van der Waals surface area contributed by atoms with Crippen molar-refractivity contribution in [3.63, 3.8) is 0 Å². The van der Waals surface area contributed by atoms with Crippen LogP contribution in [0.15, 0.2) is 45.3 Å². The van der Waals surface area contributed by atoms with Crippen molar-refractivity contribution in [3.8, 4) is 0 Å². The van der Waals surface area contributed by atoms with E-state index < -0.39 is 9.85 Å². The van der Waals surface area contributed by atoms with Crippen LogP contribution in [-0.4, -0.2) is 21.2 Å². The SMILES string of the molecule is O=Cc1cc(Br)cc([N+](=O)[O-])c1.O=[N+]([O-])c1cc(Br)cc(CO)c1. The molecule has 0 amide bonds. The zero-order valence-electron chi connectivity index (χ0n) is 11.9. The normalized spacial score (nSPS) is 9.62. The molecule has 0 heterocycles. The van der Waals surface area contributed by atoms with Crippen molar-refractivity contribution in [1.82, 2.24) is 0 Å². The Bertz CT molecular complexity index is 782. The molecule has 0 radical (unpaired) electrons. The highest BCUT2D eigenvalue weighted by Crippen LogP contribution is 2.21. The van der Waals surface area contributed by atoms with Gasteiger partial charge in [0.25, 0.3) is 11.4 Å². The smallest absolute Gasteiger partial charge is 0.271 e. The molecule has 0 aliphatic rings. The van der Waals surface area contributed by atoms with Gasteiger partial charge in [0.05, 0.1) is 16.5 Å². The van der Waals surface area contributed by atoms with Gasteiger partial charge in [-0.15, -0.1) is 0 Å². The fourth-order valence-electron chi connectivity index (χ4n) is 1.60. The monoisotopic (exact) mass is 460 g/mol. The van der Waals surface area contributed by atoms with Crippen LogP contribution in [0.4, 0.5) is 11.4 Å². The van der Waals surface area contributed by atoms with Gasteiger partial charge in [-0.2, -0.15) is 0 Å². The molecule has 126 valence electrons. The molecule has 0 spiro atoms. The lowest BCUT2D eigenvalue weighted by Gasteiger charge is -1.97. The number of aldehydes is 1. The number of hydrogen-bond donors (Lipinski definition) is 1. The first-order chi connectivity index (χ1) is 11.3. The number of aliphatic hydroxyl groups excluding tert-OH is 1. The van der Waals surface area contributed by atoms with Crippen molar-refractivity contribution in [2.24, 2.45) is 0 Å². The van der Waals surface area contributed by atoms with E-state index in [9.17, 15) is 25.0 Å². The number of halogens is 2. The summed E-state index contributed by atoms with van der Waals surface area (Å²) in [5, 5.41) is 29.3. The number of aliphatic hydroxyl groups is 1. The Hall–Kier alpha value is -2.17. The van der Waals surface area contributed by atoms with Gasteiger partial charge in [0.1, 0.15) is 6.29 Å². The van der Waals surface area contributed by atoms with E-state index in [4.69, 9.17) is 5.11 Å². The molecule has 0 saturated heterocycles. The van der Waals surface area contributed by atoms with Crippen molar-refractivity contribution in [3.05, 3.63) is 76.7 Å². The van der Waals surface area contributed by atoms with Gasteiger partial charge in [-0.25, -0.2) is 0 Å². The van der Waals surface area contributed by atoms with Crippen molar-refractivity contribution in [2.75, 3.05) is 0 Å². The molecule has 0 fully saturated rings. The van der Waals surface area contributed by atoms with Crippen LogP contribution < -0.4 is 0 Å². The van der Waals surface area contributed by atoms with E-state index in [0.29, 0.717) is 20.8 Å². The zero-order chi connectivity index (χ0) is 18.3. The van der Waals surface area contributed by atoms with Crippen LogP contribution in [0, 0.1) is 20.2 Å². The first-order valence-electron chi connectivity index (χ1n) is 6.21. The lowest BCUT2D eigenvalue weighted by Crippen LogP contribution is -1.90. The summed E-state index contributed by atoms with van der Waals surface area (Å²) in [6.45, 7) is -0.194. The third kappa shape index (κ3) is 6.14. The number of nitrogens with zero attached hydrogens (tertiary/aromatic N) is 2. The summed E-state index contributed by atoms with van der Waals surface area (Å²) in [5.74, 6) is 0. The van der Waals surface area contributed by atoms with Crippen LogP contribution in [0.2, 0.25) is 0 Å². The molecule has 0 atom stereocenters. The van der Waals surface area contributed by atoms with Crippen molar-refractivity contribution >= 4 is 49.5 Å². The standard InChI is InChI=1S/C7H6BrNO3.C7H4BrNO3/c2*8-6-1-5(4-10)2-7(3-6)9(11)12/h1-3,10H,4H2;1-4H. The Morgan fingerprint density at radius 3 is 1.88 bits per heavy atom. The first-order valence-corrected chi connectivity index (χ1v) is 7.80. The fraction of sp³-hybridized carbons (Fsp3) is 0.0714. The number of nitro benzene ring substituents is 2. The molecule has 0 unspecified atom stereocenters. The Morgan fingerprint density at radius 1 is 0.917 bits per heavy atom. The van der Waals surface area contributed by atoms with Crippen LogP contribution in [0.5, 0.6) is 0 Å². The summed E-state index contributed by atoms with van der Waals surface area (Å²) in [4.78, 5) is 29.9. The Balaban J connectivity index is 0.000000240. The molecule has 0 saturated carbocycles. The first kappa shape index (κ1) is 19.9. The van der Waals surface area contributed by atoms with Crippen molar-refractivity contribution < 1.29 is 19.7 Å². The van der Waals surface area contributed by atoms with Gasteiger partial charge in [0, 0.05) is 38.8 Å². The van der Waals surface area contributed by atoms with E-state index >= 15 is 0 Å². The van der Waals surface area contributed by atoms with Gasteiger partial charge in [-0.3, -0.25) is 25.0 Å². The Kier molecular flexibility index (Phi) is 7.62. The summed E-state index contributed by atoms with van der Waals surface area (Å²) < 4.78 is 1.12. The van der Waals surface area contributed by atoms with E-state index in [1.807, 2.05) is 0 Å². The molecule has 2 rings (SSSR count). The maximum atomic E-state index is 10.3. The number of rotatable bonds is 4. The second kappa shape index (κ2) is 9.21. The predicted octanol–water partition coefficient (Wildman–Crippen LogP) is 4.02. The molecule has 1 N–H and O–H groups in total. The largest absolute Gasteiger partial charge is 0.392 e. The number of benzene rings is 2. The van der Waals surface area contributed by atoms with Crippen LogP contribution in [-0.2, 0) is 6.61 Å². The highest BCUT2D eigenvalue weighted by atomic mass is 79.9. The lowest BCUT2D eigenvalue weighted by atomic mass is 10.2. The minimum atomic E-state index is -0.544. The third-order valence-corrected chi connectivity index (χ3v) is 3.50.